The maximum atomic E-state index is 4.35. The van der Waals surface area contributed by atoms with Crippen LogP contribution in [0.3, 0.4) is 0 Å². The molecule has 0 atom stereocenters. The van der Waals surface area contributed by atoms with Gasteiger partial charge in [0.2, 0.25) is 0 Å². The Hall–Kier alpha value is -0.0400. The molecule has 0 bridgehead atoms. The molecule has 0 saturated heterocycles. The fraction of sp³-hybridized carbons (Fsp3) is 0.941. The molecule has 1 aliphatic rings. The molecule has 0 unspecified atom stereocenters. The van der Waals surface area contributed by atoms with E-state index in [1.54, 1.807) is 0 Å². The lowest BCUT2D eigenvalue weighted by Gasteiger charge is -2.28. The number of guanidine groups is 1. The van der Waals surface area contributed by atoms with Crippen molar-refractivity contribution in [2.24, 2.45) is 10.9 Å². The molecule has 0 spiro atoms. The van der Waals surface area contributed by atoms with Gasteiger partial charge in [-0.25, -0.2) is 0 Å². The maximum absolute atomic E-state index is 4.35. The monoisotopic (exact) mass is 424 g/mol. The van der Waals surface area contributed by atoms with Crippen molar-refractivity contribution in [2.75, 3.05) is 27.2 Å². The SMILES string of the molecule is CN=C(NCCCCN(C)C(C)C)NC1CCC(C)CC1.I. The molecule has 22 heavy (non-hydrogen) atoms. The number of nitrogens with zero attached hydrogens (tertiary/aromatic N) is 2. The predicted octanol–water partition coefficient (Wildman–Crippen LogP) is 3.47. The molecular formula is C17H37IN4. The molecule has 0 aromatic rings. The summed E-state index contributed by atoms with van der Waals surface area (Å²) in [6, 6.07) is 1.25. The number of halogens is 1. The molecule has 0 aromatic carbocycles. The van der Waals surface area contributed by atoms with E-state index in [9.17, 15) is 0 Å². The van der Waals surface area contributed by atoms with Crippen LogP contribution < -0.4 is 10.6 Å². The normalized spacial score (nSPS) is 22.6. The first kappa shape index (κ1) is 22.0. The number of rotatable bonds is 7. The number of hydrogen-bond donors (Lipinski definition) is 2. The fourth-order valence-corrected chi connectivity index (χ4v) is 2.74. The third-order valence-corrected chi connectivity index (χ3v) is 4.69. The smallest absolute Gasteiger partial charge is 0.191 e. The van der Waals surface area contributed by atoms with E-state index in [2.05, 4.69) is 48.3 Å². The van der Waals surface area contributed by atoms with E-state index < -0.39 is 0 Å². The van der Waals surface area contributed by atoms with E-state index in [1.807, 2.05) is 7.05 Å². The minimum Gasteiger partial charge on any atom is -0.356 e. The molecule has 4 nitrogen and oxygen atoms in total. The first-order valence-corrected chi connectivity index (χ1v) is 8.70. The van der Waals surface area contributed by atoms with Crippen molar-refractivity contribution in [1.29, 1.82) is 0 Å². The highest BCUT2D eigenvalue weighted by Crippen LogP contribution is 2.23. The zero-order valence-corrected chi connectivity index (χ0v) is 17.5. The lowest BCUT2D eigenvalue weighted by atomic mass is 9.87. The minimum absolute atomic E-state index is 0. The highest BCUT2D eigenvalue weighted by Gasteiger charge is 2.18. The van der Waals surface area contributed by atoms with E-state index in [0.717, 1.165) is 18.4 Å². The molecule has 0 heterocycles. The summed E-state index contributed by atoms with van der Waals surface area (Å²) < 4.78 is 0. The van der Waals surface area contributed by atoms with Crippen LogP contribution in [0.2, 0.25) is 0 Å². The summed E-state index contributed by atoms with van der Waals surface area (Å²) >= 11 is 0. The molecule has 0 radical (unpaired) electrons. The number of aliphatic imine (C=N–C) groups is 1. The van der Waals surface area contributed by atoms with Crippen LogP contribution in [0.1, 0.15) is 59.3 Å². The van der Waals surface area contributed by atoms with Crippen LogP contribution >= 0.6 is 24.0 Å². The van der Waals surface area contributed by atoms with Crippen LogP contribution in [0.15, 0.2) is 4.99 Å². The van der Waals surface area contributed by atoms with Crippen molar-refractivity contribution >= 4 is 29.9 Å². The Kier molecular flexibility index (Phi) is 12.4. The van der Waals surface area contributed by atoms with Crippen LogP contribution in [0.4, 0.5) is 0 Å². The highest BCUT2D eigenvalue weighted by molar-refractivity contribution is 14.0. The van der Waals surface area contributed by atoms with Crippen molar-refractivity contribution in [3.05, 3.63) is 0 Å². The van der Waals surface area contributed by atoms with Crippen molar-refractivity contribution in [2.45, 2.75) is 71.4 Å². The molecule has 5 heteroatoms. The third-order valence-electron chi connectivity index (χ3n) is 4.69. The predicted molar refractivity (Wildman–Crippen MR) is 108 cm³/mol. The van der Waals surface area contributed by atoms with Gasteiger partial charge in [0.25, 0.3) is 0 Å². The van der Waals surface area contributed by atoms with Gasteiger partial charge in [-0.05, 0) is 71.9 Å². The number of hydrogen-bond acceptors (Lipinski definition) is 2. The van der Waals surface area contributed by atoms with E-state index in [0.29, 0.717) is 12.1 Å². The van der Waals surface area contributed by atoms with Crippen molar-refractivity contribution in [3.8, 4) is 0 Å². The fourth-order valence-electron chi connectivity index (χ4n) is 2.74. The van der Waals surface area contributed by atoms with Gasteiger partial charge in [0.05, 0.1) is 0 Å². The van der Waals surface area contributed by atoms with Gasteiger partial charge in [-0.1, -0.05) is 6.92 Å². The van der Waals surface area contributed by atoms with Gasteiger partial charge in [-0.15, -0.1) is 24.0 Å². The van der Waals surface area contributed by atoms with E-state index >= 15 is 0 Å². The molecule has 0 aromatic heterocycles. The van der Waals surface area contributed by atoms with Gasteiger partial charge in [-0.2, -0.15) is 0 Å². The zero-order valence-electron chi connectivity index (χ0n) is 15.2. The molecule has 0 aliphatic heterocycles. The zero-order chi connectivity index (χ0) is 15.7. The Morgan fingerprint density at radius 1 is 1.18 bits per heavy atom. The summed E-state index contributed by atoms with van der Waals surface area (Å²) in [6.45, 7) is 9.03. The summed E-state index contributed by atoms with van der Waals surface area (Å²) in [5.41, 5.74) is 0. The summed E-state index contributed by atoms with van der Waals surface area (Å²) in [6.07, 6.45) is 7.67. The largest absolute Gasteiger partial charge is 0.356 e. The average molecular weight is 424 g/mol. The molecular weight excluding hydrogens is 387 g/mol. The minimum atomic E-state index is 0. The topological polar surface area (TPSA) is 39.7 Å². The van der Waals surface area contributed by atoms with Crippen LogP contribution in [-0.4, -0.2) is 50.1 Å². The van der Waals surface area contributed by atoms with Crippen molar-refractivity contribution in [1.82, 2.24) is 15.5 Å². The second kappa shape index (κ2) is 12.4. The molecule has 132 valence electrons. The second-order valence-corrected chi connectivity index (χ2v) is 6.88. The number of nitrogens with one attached hydrogen (secondary N) is 2. The first-order chi connectivity index (χ1) is 10.0. The summed E-state index contributed by atoms with van der Waals surface area (Å²) in [7, 11) is 4.07. The Labute approximate surface area is 154 Å². The van der Waals surface area contributed by atoms with E-state index in [-0.39, 0.29) is 24.0 Å². The Bertz CT molecular complexity index is 299. The Morgan fingerprint density at radius 2 is 1.82 bits per heavy atom. The molecule has 1 saturated carbocycles. The van der Waals surface area contributed by atoms with Gasteiger partial charge >= 0.3 is 0 Å². The Morgan fingerprint density at radius 3 is 2.36 bits per heavy atom. The van der Waals surface area contributed by atoms with Crippen molar-refractivity contribution < 1.29 is 0 Å². The molecule has 1 aliphatic carbocycles. The lowest BCUT2D eigenvalue weighted by Crippen LogP contribution is -2.45. The van der Waals surface area contributed by atoms with Crippen LogP contribution in [0, 0.1) is 5.92 Å². The molecule has 2 N–H and O–H groups in total. The molecule has 1 rings (SSSR count). The van der Waals surface area contributed by atoms with E-state index in [4.69, 9.17) is 0 Å². The van der Waals surface area contributed by atoms with Crippen LogP contribution in [0.25, 0.3) is 0 Å². The quantitative estimate of drug-likeness (QED) is 0.285. The van der Waals surface area contributed by atoms with Gasteiger partial charge in [-0.3, -0.25) is 4.99 Å². The number of unbranched alkanes of at least 4 members (excludes halogenated alkanes) is 1. The third kappa shape index (κ3) is 9.18. The summed E-state index contributed by atoms with van der Waals surface area (Å²) in [5.74, 6) is 1.88. The van der Waals surface area contributed by atoms with Crippen LogP contribution in [-0.2, 0) is 0 Å². The second-order valence-electron chi connectivity index (χ2n) is 6.88. The Balaban J connectivity index is 0.00000441. The maximum Gasteiger partial charge on any atom is 0.191 e. The first-order valence-electron chi connectivity index (χ1n) is 8.70. The molecule has 0 amide bonds. The van der Waals surface area contributed by atoms with Crippen LogP contribution in [0.5, 0.6) is 0 Å². The standard InChI is InChI=1S/C17H36N4.HI/c1-14(2)21(5)13-7-6-12-19-17(18-4)20-16-10-8-15(3)9-11-16;/h14-16H,6-13H2,1-5H3,(H2,18,19,20);1H. The lowest BCUT2D eigenvalue weighted by molar-refractivity contribution is 0.268. The van der Waals surface area contributed by atoms with Gasteiger partial charge in [0, 0.05) is 25.7 Å². The van der Waals surface area contributed by atoms with Crippen molar-refractivity contribution in [3.63, 3.8) is 0 Å². The van der Waals surface area contributed by atoms with E-state index in [1.165, 1.54) is 45.1 Å². The van der Waals surface area contributed by atoms with Gasteiger partial charge < -0.3 is 15.5 Å². The highest BCUT2D eigenvalue weighted by atomic mass is 127. The average Bonchev–Trinajstić information content (AvgIpc) is 2.47. The molecule has 1 fully saturated rings. The summed E-state index contributed by atoms with van der Waals surface area (Å²) in [4.78, 5) is 6.75. The summed E-state index contributed by atoms with van der Waals surface area (Å²) in [5, 5.41) is 7.02. The van der Waals surface area contributed by atoms with Gasteiger partial charge in [0.1, 0.15) is 0 Å². The van der Waals surface area contributed by atoms with Gasteiger partial charge in [0.15, 0.2) is 5.96 Å².